The van der Waals surface area contributed by atoms with E-state index in [0.29, 0.717) is 32.6 Å². The summed E-state index contributed by atoms with van der Waals surface area (Å²) in [6.45, 7) is 4.56. The van der Waals surface area contributed by atoms with Crippen molar-refractivity contribution in [3.05, 3.63) is 47.1 Å². The molecule has 140 valence electrons. The van der Waals surface area contributed by atoms with E-state index in [-0.39, 0.29) is 5.91 Å². The van der Waals surface area contributed by atoms with Gasteiger partial charge in [-0.25, -0.2) is 4.98 Å². The Bertz CT molecular complexity index is 952. The molecule has 6 nitrogen and oxygen atoms in total. The molecular formula is C20H22N4O2S. The lowest BCUT2D eigenvalue weighted by molar-refractivity contribution is -0.134. The zero-order valence-electron chi connectivity index (χ0n) is 15.3. The largest absolute Gasteiger partial charge is 0.342 e. The summed E-state index contributed by atoms with van der Waals surface area (Å²) in [5.74, 6) is 0.0998. The molecule has 1 aliphatic heterocycles. The quantitative estimate of drug-likeness (QED) is 0.637. The van der Waals surface area contributed by atoms with Crippen LogP contribution in [0.1, 0.15) is 18.2 Å². The molecule has 1 fully saturated rings. The molecule has 0 saturated carbocycles. The lowest BCUT2D eigenvalue weighted by Crippen LogP contribution is -2.48. The normalized spacial score (nSPS) is 14.7. The monoisotopic (exact) mass is 382 g/mol. The molecule has 0 unspecified atom stereocenters. The van der Waals surface area contributed by atoms with E-state index >= 15 is 0 Å². The Morgan fingerprint density at radius 3 is 2.59 bits per heavy atom. The number of imidazole rings is 1. The van der Waals surface area contributed by atoms with Gasteiger partial charge in [0.15, 0.2) is 4.96 Å². The maximum absolute atomic E-state index is 12.6. The van der Waals surface area contributed by atoms with Gasteiger partial charge in [0.05, 0.1) is 12.1 Å². The molecule has 27 heavy (non-hydrogen) atoms. The third kappa shape index (κ3) is 3.60. The van der Waals surface area contributed by atoms with Gasteiger partial charge in [0, 0.05) is 49.0 Å². The Kier molecular flexibility index (Phi) is 4.94. The number of aryl methyl sites for hydroxylation is 1. The van der Waals surface area contributed by atoms with Crippen LogP contribution in [-0.2, 0) is 22.4 Å². The summed E-state index contributed by atoms with van der Waals surface area (Å²) in [7, 11) is 0. The number of carbonyl (C=O) groups is 2. The molecule has 0 bridgehead atoms. The number of amides is 2. The predicted octanol–water partition coefficient (Wildman–Crippen LogP) is 2.47. The van der Waals surface area contributed by atoms with Gasteiger partial charge in [-0.15, -0.1) is 11.3 Å². The number of carbonyl (C=O) groups excluding carboxylic acids is 2. The van der Waals surface area contributed by atoms with Crippen molar-refractivity contribution in [2.45, 2.75) is 19.8 Å². The molecule has 0 aliphatic carbocycles. The first-order valence-corrected chi connectivity index (χ1v) is 10.1. The molecule has 1 saturated heterocycles. The van der Waals surface area contributed by atoms with Crippen molar-refractivity contribution in [1.29, 1.82) is 0 Å². The Labute approximate surface area is 162 Å². The van der Waals surface area contributed by atoms with Crippen LogP contribution in [0, 0.1) is 0 Å². The average molecular weight is 382 g/mol. The predicted molar refractivity (Wildman–Crippen MR) is 106 cm³/mol. The number of hydrogen-bond acceptors (Lipinski definition) is 4. The maximum Gasteiger partial charge on any atom is 0.228 e. The fraction of sp³-hybridized carbons (Fsp3) is 0.350. The van der Waals surface area contributed by atoms with Gasteiger partial charge in [-0.1, -0.05) is 31.2 Å². The molecule has 0 radical (unpaired) electrons. The Balaban J connectivity index is 1.50. The molecule has 3 aromatic rings. The van der Waals surface area contributed by atoms with Gasteiger partial charge in [0.2, 0.25) is 12.3 Å². The topological polar surface area (TPSA) is 57.9 Å². The second-order valence-electron chi connectivity index (χ2n) is 6.76. The molecule has 7 heteroatoms. The number of thiazole rings is 1. The summed E-state index contributed by atoms with van der Waals surface area (Å²) in [6.07, 6.45) is 4.24. The van der Waals surface area contributed by atoms with Crippen LogP contribution in [0.2, 0.25) is 0 Å². The summed E-state index contributed by atoms with van der Waals surface area (Å²) in [6, 6.07) is 8.46. The van der Waals surface area contributed by atoms with Gasteiger partial charge >= 0.3 is 0 Å². The first-order valence-electron chi connectivity index (χ1n) is 9.20. The van der Waals surface area contributed by atoms with Gasteiger partial charge in [0.25, 0.3) is 0 Å². The first kappa shape index (κ1) is 17.7. The van der Waals surface area contributed by atoms with Gasteiger partial charge < -0.3 is 9.80 Å². The summed E-state index contributed by atoms with van der Waals surface area (Å²) in [5, 5.41) is 2.01. The first-order chi connectivity index (χ1) is 13.2. The summed E-state index contributed by atoms with van der Waals surface area (Å²) >= 11 is 1.56. The highest BCUT2D eigenvalue weighted by Gasteiger charge is 2.21. The van der Waals surface area contributed by atoms with E-state index in [0.717, 1.165) is 34.7 Å². The number of benzene rings is 1. The number of piperazine rings is 1. The zero-order chi connectivity index (χ0) is 18.8. The van der Waals surface area contributed by atoms with Crippen molar-refractivity contribution in [3.8, 4) is 11.3 Å². The van der Waals surface area contributed by atoms with Crippen LogP contribution >= 0.6 is 11.3 Å². The van der Waals surface area contributed by atoms with Crippen LogP contribution < -0.4 is 0 Å². The van der Waals surface area contributed by atoms with Crippen molar-refractivity contribution < 1.29 is 9.59 Å². The summed E-state index contributed by atoms with van der Waals surface area (Å²) in [4.78, 5) is 32.6. The molecule has 2 aromatic heterocycles. The van der Waals surface area contributed by atoms with E-state index in [1.165, 1.54) is 5.56 Å². The van der Waals surface area contributed by atoms with E-state index in [1.807, 2.05) is 20.9 Å². The van der Waals surface area contributed by atoms with Crippen molar-refractivity contribution in [3.63, 3.8) is 0 Å². The van der Waals surface area contributed by atoms with Crippen LogP contribution in [-0.4, -0.2) is 57.7 Å². The summed E-state index contributed by atoms with van der Waals surface area (Å²) in [5.41, 5.74) is 4.28. The highest BCUT2D eigenvalue weighted by Crippen LogP contribution is 2.24. The fourth-order valence-electron chi connectivity index (χ4n) is 3.35. The third-order valence-corrected chi connectivity index (χ3v) is 5.98. The van der Waals surface area contributed by atoms with Crippen LogP contribution in [0.25, 0.3) is 16.2 Å². The minimum absolute atomic E-state index is 0.0998. The lowest BCUT2D eigenvalue weighted by Gasteiger charge is -2.32. The minimum atomic E-state index is 0.0998. The molecule has 0 atom stereocenters. The van der Waals surface area contributed by atoms with Gasteiger partial charge in [0.1, 0.15) is 0 Å². The molecule has 0 spiro atoms. The molecule has 4 rings (SSSR count). The van der Waals surface area contributed by atoms with E-state index < -0.39 is 0 Å². The second-order valence-corrected chi connectivity index (χ2v) is 7.59. The maximum atomic E-state index is 12.6. The molecular weight excluding hydrogens is 360 g/mol. The van der Waals surface area contributed by atoms with E-state index in [2.05, 4.69) is 31.2 Å². The van der Waals surface area contributed by atoms with E-state index in [1.54, 1.807) is 16.2 Å². The molecule has 2 amide bonds. The SMILES string of the molecule is CCc1ccc(-c2cn3c(CC(=O)N4CCN(C=O)CC4)csc3n2)cc1. The zero-order valence-corrected chi connectivity index (χ0v) is 16.1. The van der Waals surface area contributed by atoms with Crippen molar-refractivity contribution in [1.82, 2.24) is 19.2 Å². The number of fused-ring (bicyclic) bond motifs is 1. The smallest absolute Gasteiger partial charge is 0.228 e. The standard InChI is InChI=1S/C20H22N4O2S/c1-2-15-3-5-16(6-4-15)18-12-24-17(13-27-20(24)21-18)11-19(26)23-9-7-22(14-25)8-10-23/h3-6,12-14H,2,7-11H2,1H3. The van der Waals surface area contributed by atoms with Crippen LogP contribution in [0.3, 0.4) is 0 Å². The van der Waals surface area contributed by atoms with Crippen LogP contribution in [0.5, 0.6) is 0 Å². The molecule has 3 heterocycles. The summed E-state index contributed by atoms with van der Waals surface area (Å²) < 4.78 is 2.02. The third-order valence-electron chi connectivity index (χ3n) is 5.09. The highest BCUT2D eigenvalue weighted by molar-refractivity contribution is 7.15. The van der Waals surface area contributed by atoms with Crippen molar-refractivity contribution in [2.24, 2.45) is 0 Å². The lowest BCUT2D eigenvalue weighted by atomic mass is 10.1. The van der Waals surface area contributed by atoms with E-state index in [4.69, 9.17) is 4.98 Å². The van der Waals surface area contributed by atoms with Crippen molar-refractivity contribution >= 4 is 28.6 Å². The molecule has 1 aromatic carbocycles. The van der Waals surface area contributed by atoms with Gasteiger partial charge in [-0.3, -0.25) is 14.0 Å². The number of nitrogens with zero attached hydrogens (tertiary/aromatic N) is 4. The van der Waals surface area contributed by atoms with Crippen molar-refractivity contribution in [2.75, 3.05) is 26.2 Å². The Morgan fingerprint density at radius 1 is 1.19 bits per heavy atom. The molecule has 0 N–H and O–H groups in total. The molecule has 1 aliphatic rings. The highest BCUT2D eigenvalue weighted by atomic mass is 32.1. The number of hydrogen-bond donors (Lipinski definition) is 0. The Hall–Kier alpha value is -2.67. The van der Waals surface area contributed by atoms with Gasteiger partial charge in [-0.05, 0) is 12.0 Å². The minimum Gasteiger partial charge on any atom is -0.342 e. The number of aromatic nitrogens is 2. The van der Waals surface area contributed by atoms with Crippen LogP contribution in [0.15, 0.2) is 35.8 Å². The average Bonchev–Trinajstić information content (AvgIpc) is 3.30. The van der Waals surface area contributed by atoms with E-state index in [9.17, 15) is 9.59 Å². The van der Waals surface area contributed by atoms with Gasteiger partial charge in [-0.2, -0.15) is 0 Å². The number of rotatable bonds is 5. The fourth-order valence-corrected chi connectivity index (χ4v) is 4.22. The second kappa shape index (κ2) is 7.52. The Morgan fingerprint density at radius 2 is 1.93 bits per heavy atom. The van der Waals surface area contributed by atoms with Crippen LogP contribution in [0.4, 0.5) is 0 Å².